The van der Waals surface area contributed by atoms with Gasteiger partial charge in [-0.1, -0.05) is 18.2 Å². The third-order valence-corrected chi connectivity index (χ3v) is 4.19. The number of carboxylic acid groups (broad SMARTS) is 1. The molecule has 0 amide bonds. The number of aryl methyl sites for hydroxylation is 2. The van der Waals surface area contributed by atoms with Crippen molar-refractivity contribution in [2.45, 2.75) is 19.6 Å². The van der Waals surface area contributed by atoms with Crippen molar-refractivity contribution in [3.63, 3.8) is 0 Å². The normalized spacial score (nSPS) is 12.9. The molecule has 1 N–H and O–H groups in total. The van der Waals surface area contributed by atoms with Crippen LogP contribution in [-0.4, -0.2) is 22.3 Å². The summed E-state index contributed by atoms with van der Waals surface area (Å²) in [5, 5.41) is 9.98. The molecule has 1 aliphatic rings. The quantitative estimate of drug-likeness (QED) is 0.787. The molecule has 0 aliphatic carbocycles. The largest absolute Gasteiger partial charge is 0.477 e. The molecule has 0 saturated carbocycles. The molecule has 0 radical (unpaired) electrons. The van der Waals surface area contributed by atoms with Gasteiger partial charge in [-0.05, 0) is 12.5 Å². The zero-order chi connectivity index (χ0) is 17.7. The highest BCUT2D eigenvalue weighted by Gasteiger charge is 2.31. The fourth-order valence-electron chi connectivity index (χ4n) is 3.17. The molecule has 3 heterocycles. The second-order valence-electron chi connectivity index (χ2n) is 5.58. The van der Waals surface area contributed by atoms with E-state index in [2.05, 4.69) is 4.74 Å². The molecule has 4 rings (SSSR count). The van der Waals surface area contributed by atoms with Crippen LogP contribution in [0.5, 0.6) is 5.75 Å². The molecule has 1 aromatic carbocycles. The van der Waals surface area contributed by atoms with Crippen LogP contribution in [0.4, 0.5) is 8.78 Å². The predicted molar refractivity (Wildman–Crippen MR) is 83.2 cm³/mol. The van der Waals surface area contributed by atoms with E-state index in [0.29, 0.717) is 18.5 Å². The van der Waals surface area contributed by atoms with Crippen molar-refractivity contribution in [2.75, 3.05) is 0 Å². The molecular formula is C17H11F2NO5. The van der Waals surface area contributed by atoms with Gasteiger partial charge in [0.1, 0.15) is 16.8 Å². The third kappa shape index (κ3) is 2.29. The van der Waals surface area contributed by atoms with Gasteiger partial charge in [0.25, 0.3) is 0 Å². The van der Waals surface area contributed by atoms with Crippen LogP contribution in [0.2, 0.25) is 0 Å². The first kappa shape index (κ1) is 15.4. The van der Waals surface area contributed by atoms with Crippen LogP contribution in [-0.2, 0) is 13.0 Å². The van der Waals surface area contributed by atoms with Gasteiger partial charge < -0.3 is 18.8 Å². The van der Waals surface area contributed by atoms with E-state index in [9.17, 15) is 18.4 Å². The summed E-state index contributed by atoms with van der Waals surface area (Å²) in [6, 6.07) is 7.17. The number of fused-ring (bicyclic) bond motifs is 5. The Morgan fingerprint density at radius 1 is 1.32 bits per heavy atom. The Morgan fingerprint density at radius 3 is 2.80 bits per heavy atom. The second kappa shape index (κ2) is 5.44. The van der Waals surface area contributed by atoms with Gasteiger partial charge in [-0.25, -0.2) is 4.79 Å². The Hall–Kier alpha value is -3.16. The smallest absolute Gasteiger partial charge is 0.387 e. The number of pyridine rings is 1. The molecule has 25 heavy (non-hydrogen) atoms. The lowest BCUT2D eigenvalue weighted by molar-refractivity contribution is -0.0507. The number of para-hydroxylation sites is 1. The van der Waals surface area contributed by atoms with Crippen LogP contribution < -0.4 is 10.2 Å². The average Bonchev–Trinajstić information content (AvgIpc) is 2.95. The number of nitrogens with zero attached hydrogens (tertiary/aromatic N) is 1. The highest BCUT2D eigenvalue weighted by Crippen LogP contribution is 2.40. The first-order chi connectivity index (χ1) is 12.0. The number of hydrogen-bond acceptors (Lipinski definition) is 4. The van der Waals surface area contributed by atoms with Gasteiger partial charge in [0, 0.05) is 23.7 Å². The number of benzene rings is 1. The standard InChI is InChI=1S/C17H11F2NO5/c18-17(19)25-15-12-14-9(8-3-1-2-4-11(8)24-14)5-6-20(12)7-10(13(15)21)16(22)23/h1-4,7,17H,5-6H2,(H,22,23). The van der Waals surface area contributed by atoms with E-state index in [4.69, 9.17) is 9.52 Å². The Kier molecular flexibility index (Phi) is 3.34. The van der Waals surface area contributed by atoms with Gasteiger partial charge in [0.15, 0.2) is 5.76 Å². The molecule has 0 atom stereocenters. The van der Waals surface area contributed by atoms with Gasteiger partial charge in [-0.3, -0.25) is 4.79 Å². The van der Waals surface area contributed by atoms with Crippen molar-refractivity contribution >= 4 is 16.9 Å². The zero-order valence-electron chi connectivity index (χ0n) is 12.7. The van der Waals surface area contributed by atoms with E-state index in [1.54, 1.807) is 12.1 Å². The Labute approximate surface area is 138 Å². The lowest BCUT2D eigenvalue weighted by Crippen LogP contribution is -2.25. The summed E-state index contributed by atoms with van der Waals surface area (Å²) in [6.07, 6.45) is 1.64. The van der Waals surface area contributed by atoms with Crippen molar-refractivity contribution < 1.29 is 27.8 Å². The molecule has 6 nitrogen and oxygen atoms in total. The van der Waals surface area contributed by atoms with Crippen LogP contribution in [0.15, 0.2) is 39.7 Å². The molecule has 8 heteroatoms. The number of hydrogen-bond donors (Lipinski definition) is 1. The van der Waals surface area contributed by atoms with Gasteiger partial charge in [0.2, 0.25) is 11.2 Å². The molecule has 0 fully saturated rings. The molecule has 0 unspecified atom stereocenters. The minimum atomic E-state index is -3.27. The number of halogens is 2. The maximum absolute atomic E-state index is 12.8. The number of ether oxygens (including phenoxy) is 1. The van der Waals surface area contributed by atoms with Crippen LogP contribution >= 0.6 is 0 Å². The average molecular weight is 347 g/mol. The topological polar surface area (TPSA) is 81.7 Å². The lowest BCUT2D eigenvalue weighted by Gasteiger charge is -2.21. The van der Waals surface area contributed by atoms with E-state index in [0.717, 1.165) is 17.1 Å². The minimum absolute atomic E-state index is 0.0350. The Bertz CT molecular complexity index is 1070. The highest BCUT2D eigenvalue weighted by atomic mass is 19.3. The summed E-state index contributed by atoms with van der Waals surface area (Å²) in [6.45, 7) is -2.96. The number of furan rings is 1. The predicted octanol–water partition coefficient (Wildman–Crippen LogP) is 3.12. The molecule has 1 aliphatic heterocycles. The van der Waals surface area contributed by atoms with Gasteiger partial charge in [-0.15, -0.1) is 0 Å². The van der Waals surface area contributed by atoms with Crippen molar-refractivity contribution in [1.82, 2.24) is 4.57 Å². The third-order valence-electron chi connectivity index (χ3n) is 4.19. The van der Waals surface area contributed by atoms with E-state index in [1.807, 2.05) is 12.1 Å². The SMILES string of the molecule is O=C(O)c1cn2c(c(OC(F)F)c1=O)-c1oc3ccccc3c1CC2. The first-order valence-electron chi connectivity index (χ1n) is 7.43. The fraction of sp³-hybridized carbons (Fsp3) is 0.176. The van der Waals surface area contributed by atoms with E-state index in [1.165, 1.54) is 4.57 Å². The number of alkyl halides is 2. The lowest BCUT2D eigenvalue weighted by atomic mass is 10.0. The molecule has 3 aromatic rings. The van der Waals surface area contributed by atoms with Gasteiger partial charge in [-0.2, -0.15) is 8.78 Å². The van der Waals surface area contributed by atoms with Gasteiger partial charge >= 0.3 is 12.6 Å². The number of rotatable bonds is 3. The number of aromatic carboxylic acids is 1. The van der Waals surface area contributed by atoms with Crippen molar-refractivity contribution in [2.24, 2.45) is 0 Å². The van der Waals surface area contributed by atoms with E-state index in [-0.39, 0.29) is 11.5 Å². The van der Waals surface area contributed by atoms with Crippen molar-refractivity contribution in [3.05, 3.63) is 51.8 Å². The molecule has 128 valence electrons. The summed E-state index contributed by atoms with van der Waals surface area (Å²) < 4.78 is 37.2. The zero-order valence-corrected chi connectivity index (χ0v) is 12.7. The second-order valence-corrected chi connectivity index (χ2v) is 5.58. The van der Waals surface area contributed by atoms with Crippen LogP contribution in [0.1, 0.15) is 15.9 Å². The number of carbonyl (C=O) groups is 1. The maximum Gasteiger partial charge on any atom is 0.387 e. The Balaban J connectivity index is 2.07. The molecular weight excluding hydrogens is 336 g/mol. The number of carboxylic acids is 1. The summed E-state index contributed by atoms with van der Waals surface area (Å²) in [5.74, 6) is -1.97. The summed E-state index contributed by atoms with van der Waals surface area (Å²) >= 11 is 0. The van der Waals surface area contributed by atoms with E-state index >= 15 is 0 Å². The van der Waals surface area contributed by atoms with Gasteiger partial charge in [0.05, 0.1) is 0 Å². The minimum Gasteiger partial charge on any atom is -0.477 e. The van der Waals surface area contributed by atoms with Crippen LogP contribution in [0.3, 0.4) is 0 Å². The monoisotopic (exact) mass is 347 g/mol. The molecule has 0 spiro atoms. The summed E-state index contributed by atoms with van der Waals surface area (Å²) in [5.41, 5.74) is -0.366. The fourth-order valence-corrected chi connectivity index (χ4v) is 3.17. The first-order valence-corrected chi connectivity index (χ1v) is 7.43. The van der Waals surface area contributed by atoms with Crippen molar-refractivity contribution in [3.8, 4) is 17.2 Å². The van der Waals surface area contributed by atoms with Crippen molar-refractivity contribution in [1.29, 1.82) is 0 Å². The van der Waals surface area contributed by atoms with E-state index < -0.39 is 29.3 Å². The number of aromatic nitrogens is 1. The molecule has 0 saturated heterocycles. The van der Waals surface area contributed by atoms with Crippen LogP contribution in [0, 0.1) is 0 Å². The molecule has 0 bridgehead atoms. The highest BCUT2D eigenvalue weighted by molar-refractivity contribution is 5.91. The van der Waals surface area contributed by atoms with Crippen LogP contribution in [0.25, 0.3) is 22.4 Å². The maximum atomic E-state index is 12.8. The summed E-state index contributed by atoms with van der Waals surface area (Å²) in [4.78, 5) is 23.6. The molecule has 2 aromatic heterocycles. The summed E-state index contributed by atoms with van der Waals surface area (Å²) in [7, 11) is 0. The Morgan fingerprint density at radius 2 is 2.08 bits per heavy atom.